The minimum Gasteiger partial charge on any atom is -0.369 e. The molecule has 27 heavy (non-hydrogen) atoms. The Morgan fingerprint density at radius 2 is 1.63 bits per heavy atom. The Morgan fingerprint density at radius 1 is 1.11 bits per heavy atom. The number of hydrogen-bond donors (Lipinski definition) is 2. The molecule has 2 aromatic rings. The predicted octanol–water partition coefficient (Wildman–Crippen LogP) is 3.10. The molecule has 0 aliphatic carbocycles. The Bertz CT molecular complexity index is 732. The minimum atomic E-state index is -0.968. The van der Waals surface area contributed by atoms with E-state index in [-0.39, 0.29) is 29.5 Å². The van der Waals surface area contributed by atoms with Gasteiger partial charge in [0.15, 0.2) is 0 Å². The van der Waals surface area contributed by atoms with E-state index in [0.29, 0.717) is 12.8 Å². The number of hydrogen-bond acceptors (Lipinski definition) is 3. The first-order valence-electron chi connectivity index (χ1n) is 9.06. The van der Waals surface area contributed by atoms with Crippen LogP contribution in [0.5, 0.6) is 0 Å². The van der Waals surface area contributed by atoms with Crippen LogP contribution in [0.4, 0.5) is 8.78 Å². The normalized spacial score (nSPS) is 20.4. The van der Waals surface area contributed by atoms with Gasteiger partial charge in [0.2, 0.25) is 5.91 Å². The van der Waals surface area contributed by atoms with Crippen LogP contribution in [0.1, 0.15) is 30.4 Å². The SMILES string of the molecule is COC(CC1NCCCC1C(N)=O)(c1ccc(F)cc1)c1ccc(F)cc1. The Hall–Kier alpha value is -2.31. The first kappa shape index (κ1) is 19.5. The number of nitrogens with one attached hydrogen (secondary N) is 1. The third-order valence-corrected chi connectivity index (χ3v) is 5.43. The molecule has 0 saturated carbocycles. The van der Waals surface area contributed by atoms with Gasteiger partial charge in [0.05, 0.1) is 5.92 Å². The van der Waals surface area contributed by atoms with Crippen LogP contribution < -0.4 is 11.1 Å². The lowest BCUT2D eigenvalue weighted by Gasteiger charge is -2.40. The predicted molar refractivity (Wildman–Crippen MR) is 98.9 cm³/mol. The number of halogens is 2. The van der Waals surface area contributed by atoms with Crippen molar-refractivity contribution in [1.82, 2.24) is 5.32 Å². The maximum atomic E-state index is 13.5. The molecular weight excluding hydrogens is 350 g/mol. The molecule has 0 bridgehead atoms. The molecule has 2 atom stereocenters. The van der Waals surface area contributed by atoms with Crippen molar-refractivity contribution < 1.29 is 18.3 Å². The van der Waals surface area contributed by atoms with Crippen LogP contribution in [0.3, 0.4) is 0 Å². The molecule has 1 saturated heterocycles. The Balaban J connectivity index is 2.06. The molecule has 144 valence electrons. The molecular formula is C21H24F2N2O2. The zero-order valence-corrected chi connectivity index (χ0v) is 15.3. The van der Waals surface area contributed by atoms with Crippen LogP contribution in [0.2, 0.25) is 0 Å². The number of methoxy groups -OCH3 is 1. The van der Waals surface area contributed by atoms with E-state index in [1.165, 1.54) is 24.3 Å². The maximum absolute atomic E-state index is 13.5. The smallest absolute Gasteiger partial charge is 0.222 e. The zero-order chi connectivity index (χ0) is 19.4. The van der Waals surface area contributed by atoms with Gasteiger partial charge in [-0.1, -0.05) is 24.3 Å². The summed E-state index contributed by atoms with van der Waals surface area (Å²) in [6, 6.07) is 11.9. The number of nitrogens with two attached hydrogens (primary N) is 1. The van der Waals surface area contributed by atoms with Gasteiger partial charge in [-0.2, -0.15) is 0 Å². The zero-order valence-electron chi connectivity index (χ0n) is 15.3. The summed E-state index contributed by atoms with van der Waals surface area (Å²) < 4.78 is 33.0. The summed E-state index contributed by atoms with van der Waals surface area (Å²) in [6.45, 7) is 0.779. The molecule has 1 amide bonds. The van der Waals surface area contributed by atoms with Gasteiger partial charge in [0, 0.05) is 19.6 Å². The van der Waals surface area contributed by atoms with E-state index in [4.69, 9.17) is 10.5 Å². The molecule has 1 aliphatic rings. The van der Waals surface area contributed by atoms with Crippen LogP contribution in [0.25, 0.3) is 0 Å². The summed E-state index contributed by atoms with van der Waals surface area (Å²) in [5, 5.41) is 3.37. The van der Waals surface area contributed by atoms with Crippen molar-refractivity contribution in [2.75, 3.05) is 13.7 Å². The highest BCUT2D eigenvalue weighted by molar-refractivity contribution is 5.77. The molecule has 0 aromatic heterocycles. The number of amides is 1. The van der Waals surface area contributed by atoms with Gasteiger partial charge < -0.3 is 15.8 Å². The fourth-order valence-electron chi connectivity index (χ4n) is 3.98. The lowest BCUT2D eigenvalue weighted by molar-refractivity contribution is -0.124. The second kappa shape index (κ2) is 8.15. The van der Waals surface area contributed by atoms with E-state index in [9.17, 15) is 13.6 Å². The van der Waals surface area contributed by atoms with Gasteiger partial charge in [-0.3, -0.25) is 4.79 Å². The van der Waals surface area contributed by atoms with E-state index in [1.807, 2.05) is 0 Å². The Labute approximate surface area is 157 Å². The topological polar surface area (TPSA) is 64.3 Å². The van der Waals surface area contributed by atoms with Crippen LogP contribution in [0.15, 0.2) is 48.5 Å². The van der Waals surface area contributed by atoms with E-state index in [0.717, 1.165) is 24.1 Å². The highest BCUT2D eigenvalue weighted by Gasteiger charge is 2.41. The number of benzene rings is 2. The Kier molecular flexibility index (Phi) is 5.87. The first-order valence-corrected chi connectivity index (χ1v) is 9.06. The van der Waals surface area contributed by atoms with E-state index in [2.05, 4.69) is 5.32 Å². The third-order valence-electron chi connectivity index (χ3n) is 5.43. The lowest BCUT2D eigenvalue weighted by Crippen LogP contribution is -2.51. The molecule has 0 spiro atoms. The monoisotopic (exact) mass is 374 g/mol. The first-order chi connectivity index (χ1) is 13.0. The molecule has 6 heteroatoms. The molecule has 2 aromatic carbocycles. The average molecular weight is 374 g/mol. The minimum absolute atomic E-state index is 0.202. The van der Waals surface area contributed by atoms with Gasteiger partial charge in [-0.15, -0.1) is 0 Å². The van der Waals surface area contributed by atoms with Crippen LogP contribution in [-0.4, -0.2) is 25.6 Å². The number of ether oxygens (including phenoxy) is 1. The van der Waals surface area contributed by atoms with Gasteiger partial charge in [0.1, 0.15) is 17.2 Å². The summed E-state index contributed by atoms with van der Waals surface area (Å²) in [5.74, 6) is -1.38. The summed E-state index contributed by atoms with van der Waals surface area (Å²) in [7, 11) is 1.56. The van der Waals surface area contributed by atoms with Crippen molar-refractivity contribution in [3.05, 3.63) is 71.3 Å². The second-order valence-corrected chi connectivity index (χ2v) is 6.96. The van der Waals surface area contributed by atoms with Crippen molar-refractivity contribution in [2.45, 2.75) is 30.9 Å². The molecule has 1 aliphatic heterocycles. The maximum Gasteiger partial charge on any atom is 0.222 e. The Morgan fingerprint density at radius 3 is 2.07 bits per heavy atom. The number of primary amides is 1. The highest BCUT2D eigenvalue weighted by Crippen LogP contribution is 2.40. The van der Waals surface area contributed by atoms with Gasteiger partial charge in [-0.25, -0.2) is 8.78 Å². The van der Waals surface area contributed by atoms with Crippen LogP contribution in [0, 0.1) is 17.6 Å². The molecule has 4 nitrogen and oxygen atoms in total. The van der Waals surface area contributed by atoms with Gasteiger partial charge in [0.25, 0.3) is 0 Å². The van der Waals surface area contributed by atoms with Gasteiger partial charge in [-0.05, 0) is 54.8 Å². The summed E-state index contributed by atoms with van der Waals surface area (Å²) in [6.07, 6.45) is 1.99. The number of rotatable bonds is 6. The summed E-state index contributed by atoms with van der Waals surface area (Å²) in [4.78, 5) is 11.9. The largest absolute Gasteiger partial charge is 0.369 e. The van der Waals surface area contributed by atoms with Gasteiger partial charge >= 0.3 is 0 Å². The standard InChI is InChI=1S/C21H24F2N2O2/c1-27-21(14-4-8-16(22)9-5-14,15-6-10-17(23)11-7-15)13-19-18(20(24)26)3-2-12-25-19/h4-11,18-19,25H,2-3,12-13H2,1H3,(H2,24,26). The number of piperidine rings is 1. The fraction of sp³-hybridized carbons (Fsp3) is 0.381. The van der Waals surface area contributed by atoms with Crippen molar-refractivity contribution in [2.24, 2.45) is 11.7 Å². The molecule has 0 radical (unpaired) electrons. The summed E-state index contributed by atoms with van der Waals surface area (Å²) >= 11 is 0. The molecule has 1 heterocycles. The number of carbonyl (C=O) groups excluding carboxylic acids is 1. The average Bonchev–Trinajstić information content (AvgIpc) is 2.68. The van der Waals surface area contributed by atoms with Crippen molar-refractivity contribution in [1.29, 1.82) is 0 Å². The molecule has 2 unspecified atom stereocenters. The van der Waals surface area contributed by atoms with Crippen LogP contribution >= 0.6 is 0 Å². The summed E-state index contributed by atoms with van der Waals surface area (Å²) in [5.41, 5.74) is 6.11. The van der Waals surface area contributed by atoms with Crippen molar-refractivity contribution >= 4 is 5.91 Å². The van der Waals surface area contributed by atoms with E-state index in [1.54, 1.807) is 31.4 Å². The second-order valence-electron chi connectivity index (χ2n) is 6.96. The lowest BCUT2D eigenvalue weighted by atomic mass is 9.76. The number of carbonyl (C=O) groups is 1. The molecule has 3 N–H and O–H groups in total. The molecule has 1 fully saturated rings. The molecule has 3 rings (SSSR count). The van der Waals surface area contributed by atoms with Crippen molar-refractivity contribution in [3.8, 4) is 0 Å². The van der Waals surface area contributed by atoms with E-state index < -0.39 is 5.60 Å². The third kappa shape index (κ3) is 4.01. The van der Waals surface area contributed by atoms with Crippen LogP contribution in [-0.2, 0) is 15.1 Å². The van der Waals surface area contributed by atoms with Crippen molar-refractivity contribution in [3.63, 3.8) is 0 Å². The van der Waals surface area contributed by atoms with E-state index >= 15 is 0 Å². The fourth-order valence-corrected chi connectivity index (χ4v) is 3.98. The quantitative estimate of drug-likeness (QED) is 0.817. The highest BCUT2D eigenvalue weighted by atomic mass is 19.1.